The van der Waals surface area contributed by atoms with Crippen LogP contribution in [-0.4, -0.2) is 34.1 Å². The van der Waals surface area contributed by atoms with Crippen LogP contribution in [0.5, 0.6) is 5.88 Å². The average Bonchev–Trinajstić information content (AvgIpc) is 3.15. The third-order valence-electron chi connectivity index (χ3n) is 4.47. The van der Waals surface area contributed by atoms with Crippen LogP contribution >= 0.6 is 0 Å². The van der Waals surface area contributed by atoms with E-state index < -0.39 is 17.9 Å². The normalized spacial score (nSPS) is 15.4. The third-order valence-corrected chi connectivity index (χ3v) is 4.47. The van der Waals surface area contributed by atoms with Gasteiger partial charge in [-0.25, -0.2) is 9.78 Å². The molecule has 6 heteroatoms. The van der Waals surface area contributed by atoms with Gasteiger partial charge in [-0.15, -0.1) is 0 Å². The molecule has 1 aliphatic carbocycles. The van der Waals surface area contributed by atoms with Crippen molar-refractivity contribution >= 4 is 11.9 Å². The number of carboxylic acids is 1. The molecular weight excluding hydrogens is 332 g/mol. The lowest BCUT2D eigenvalue weighted by Gasteiger charge is -2.15. The number of aromatic nitrogens is 1. The molecule has 2 aromatic rings. The van der Waals surface area contributed by atoms with E-state index >= 15 is 0 Å². The van der Waals surface area contributed by atoms with Gasteiger partial charge in [0.2, 0.25) is 5.88 Å². The summed E-state index contributed by atoms with van der Waals surface area (Å²) in [6, 6.07) is 11.5. The fourth-order valence-electron chi connectivity index (χ4n) is 3.05. The number of hydrogen-bond donors (Lipinski definition) is 2. The second kappa shape index (κ2) is 8.47. The number of amides is 1. The summed E-state index contributed by atoms with van der Waals surface area (Å²) in [7, 11) is 0. The van der Waals surface area contributed by atoms with Crippen LogP contribution in [0.1, 0.15) is 41.6 Å². The lowest BCUT2D eigenvalue weighted by atomic mass is 10.1. The number of ether oxygens (including phenoxy) is 1. The Hall–Kier alpha value is -2.89. The maximum Gasteiger partial charge on any atom is 0.326 e. The maximum absolute atomic E-state index is 12.4. The van der Waals surface area contributed by atoms with Crippen LogP contribution in [0.4, 0.5) is 0 Å². The Morgan fingerprint density at radius 2 is 1.88 bits per heavy atom. The van der Waals surface area contributed by atoms with Gasteiger partial charge in [0.05, 0.1) is 5.56 Å². The van der Waals surface area contributed by atoms with Crippen LogP contribution in [0.15, 0.2) is 48.7 Å². The van der Waals surface area contributed by atoms with Gasteiger partial charge in [0.25, 0.3) is 5.91 Å². The first kappa shape index (κ1) is 17.9. The SMILES string of the molecule is O=C(NC(Cc1ccccc1)C(=O)O)c1ccc(OC2CCCC2)nc1. The van der Waals surface area contributed by atoms with Crippen molar-refractivity contribution < 1.29 is 19.4 Å². The minimum atomic E-state index is -1.07. The van der Waals surface area contributed by atoms with Crippen molar-refractivity contribution in [3.05, 3.63) is 59.8 Å². The van der Waals surface area contributed by atoms with Crippen LogP contribution in [0, 0.1) is 0 Å². The second-order valence-electron chi connectivity index (χ2n) is 6.46. The van der Waals surface area contributed by atoms with Gasteiger partial charge in [-0.05, 0) is 37.3 Å². The molecule has 1 aromatic carbocycles. The molecule has 2 N–H and O–H groups in total. The molecule has 0 spiro atoms. The number of rotatable bonds is 7. The molecule has 1 unspecified atom stereocenters. The molecule has 3 rings (SSSR count). The van der Waals surface area contributed by atoms with Gasteiger partial charge in [0, 0.05) is 18.7 Å². The van der Waals surface area contributed by atoms with Crippen molar-refractivity contribution in [1.82, 2.24) is 10.3 Å². The number of benzene rings is 1. The molecule has 6 nitrogen and oxygen atoms in total. The van der Waals surface area contributed by atoms with E-state index in [0.29, 0.717) is 11.4 Å². The summed E-state index contributed by atoms with van der Waals surface area (Å²) in [5.41, 5.74) is 1.15. The van der Waals surface area contributed by atoms with Gasteiger partial charge in [-0.1, -0.05) is 30.3 Å². The van der Waals surface area contributed by atoms with E-state index in [4.69, 9.17) is 4.74 Å². The topological polar surface area (TPSA) is 88.5 Å². The van der Waals surface area contributed by atoms with Gasteiger partial charge < -0.3 is 15.2 Å². The summed E-state index contributed by atoms with van der Waals surface area (Å²) in [5, 5.41) is 11.9. The summed E-state index contributed by atoms with van der Waals surface area (Å²) in [5.74, 6) is -1.04. The summed E-state index contributed by atoms with van der Waals surface area (Å²) in [4.78, 5) is 28.0. The zero-order valence-electron chi connectivity index (χ0n) is 14.4. The zero-order chi connectivity index (χ0) is 18.4. The van der Waals surface area contributed by atoms with Crippen molar-refractivity contribution in [1.29, 1.82) is 0 Å². The first-order valence-corrected chi connectivity index (χ1v) is 8.82. The van der Waals surface area contributed by atoms with Crippen LogP contribution in [0.3, 0.4) is 0 Å². The molecule has 1 amide bonds. The summed E-state index contributed by atoms with van der Waals surface area (Å²) >= 11 is 0. The molecule has 0 saturated heterocycles. The van der Waals surface area contributed by atoms with Gasteiger partial charge in [0.1, 0.15) is 12.1 Å². The number of hydrogen-bond acceptors (Lipinski definition) is 4. The van der Waals surface area contributed by atoms with E-state index in [0.717, 1.165) is 18.4 Å². The second-order valence-corrected chi connectivity index (χ2v) is 6.46. The molecule has 1 aliphatic rings. The molecule has 1 heterocycles. The van der Waals surface area contributed by atoms with E-state index in [1.807, 2.05) is 30.3 Å². The number of nitrogens with one attached hydrogen (secondary N) is 1. The van der Waals surface area contributed by atoms with Gasteiger partial charge in [-0.2, -0.15) is 0 Å². The fraction of sp³-hybridized carbons (Fsp3) is 0.350. The average molecular weight is 354 g/mol. The zero-order valence-corrected chi connectivity index (χ0v) is 14.4. The Kier molecular flexibility index (Phi) is 5.84. The van der Waals surface area contributed by atoms with Crippen molar-refractivity contribution in [2.24, 2.45) is 0 Å². The summed E-state index contributed by atoms with van der Waals surface area (Å²) < 4.78 is 5.77. The van der Waals surface area contributed by atoms with Crippen molar-refractivity contribution in [3.63, 3.8) is 0 Å². The third kappa shape index (κ3) is 4.81. The first-order chi connectivity index (χ1) is 12.6. The van der Waals surface area contributed by atoms with Gasteiger partial charge in [0.15, 0.2) is 0 Å². The Morgan fingerprint density at radius 1 is 1.15 bits per heavy atom. The van der Waals surface area contributed by atoms with Crippen molar-refractivity contribution in [2.75, 3.05) is 0 Å². The van der Waals surface area contributed by atoms with E-state index in [9.17, 15) is 14.7 Å². The Bertz CT molecular complexity index is 740. The monoisotopic (exact) mass is 354 g/mol. The van der Waals surface area contributed by atoms with Gasteiger partial charge >= 0.3 is 5.97 Å². The highest BCUT2D eigenvalue weighted by molar-refractivity contribution is 5.96. The number of carboxylic acid groups (broad SMARTS) is 1. The Balaban J connectivity index is 1.60. The lowest BCUT2D eigenvalue weighted by Crippen LogP contribution is -2.42. The molecule has 0 bridgehead atoms. The number of carbonyl (C=O) groups excluding carboxylic acids is 1. The van der Waals surface area contributed by atoms with Crippen LogP contribution in [0.2, 0.25) is 0 Å². The largest absolute Gasteiger partial charge is 0.480 e. The number of pyridine rings is 1. The summed E-state index contributed by atoms with van der Waals surface area (Å²) in [6.45, 7) is 0. The van der Waals surface area contributed by atoms with E-state index in [1.165, 1.54) is 19.0 Å². The molecular formula is C20H22N2O4. The number of nitrogens with zero attached hydrogens (tertiary/aromatic N) is 1. The van der Waals surface area contributed by atoms with Gasteiger partial charge in [-0.3, -0.25) is 4.79 Å². The molecule has 1 fully saturated rings. The molecule has 1 atom stereocenters. The van der Waals surface area contributed by atoms with Crippen LogP contribution in [0.25, 0.3) is 0 Å². The lowest BCUT2D eigenvalue weighted by molar-refractivity contribution is -0.139. The molecule has 26 heavy (non-hydrogen) atoms. The standard InChI is InChI=1S/C20H22N2O4/c23-19(22-17(20(24)25)12-14-6-2-1-3-7-14)15-10-11-18(21-13-15)26-16-8-4-5-9-16/h1-3,6-7,10-11,13,16-17H,4-5,8-9,12H2,(H,22,23)(H,24,25). The fourth-order valence-corrected chi connectivity index (χ4v) is 3.05. The quantitative estimate of drug-likeness (QED) is 0.798. The van der Waals surface area contributed by atoms with Crippen molar-refractivity contribution in [2.45, 2.75) is 44.2 Å². The highest BCUT2D eigenvalue weighted by Crippen LogP contribution is 2.22. The minimum Gasteiger partial charge on any atom is -0.480 e. The predicted molar refractivity (Wildman–Crippen MR) is 96.2 cm³/mol. The van der Waals surface area contributed by atoms with E-state index in [-0.39, 0.29) is 12.5 Å². The molecule has 0 aliphatic heterocycles. The number of carbonyl (C=O) groups is 2. The van der Waals surface area contributed by atoms with Crippen molar-refractivity contribution in [3.8, 4) is 5.88 Å². The Labute approximate surface area is 152 Å². The highest BCUT2D eigenvalue weighted by Gasteiger charge is 2.22. The minimum absolute atomic E-state index is 0.199. The number of aliphatic carboxylic acids is 1. The Morgan fingerprint density at radius 3 is 2.50 bits per heavy atom. The van der Waals surface area contributed by atoms with Crippen LogP contribution in [-0.2, 0) is 11.2 Å². The van der Waals surface area contributed by atoms with E-state index in [2.05, 4.69) is 10.3 Å². The molecule has 1 aromatic heterocycles. The van der Waals surface area contributed by atoms with E-state index in [1.54, 1.807) is 12.1 Å². The molecule has 1 saturated carbocycles. The predicted octanol–water partition coefficient (Wildman–Crippen LogP) is 2.83. The molecule has 0 radical (unpaired) electrons. The molecule has 136 valence electrons. The maximum atomic E-state index is 12.4. The highest BCUT2D eigenvalue weighted by atomic mass is 16.5. The summed E-state index contributed by atoms with van der Waals surface area (Å²) in [6.07, 6.45) is 6.24. The smallest absolute Gasteiger partial charge is 0.326 e. The first-order valence-electron chi connectivity index (χ1n) is 8.82. The van der Waals surface area contributed by atoms with Crippen LogP contribution < -0.4 is 10.1 Å².